The minimum atomic E-state index is 0.727. The van der Waals surface area contributed by atoms with E-state index in [9.17, 15) is 0 Å². The standard InChI is InChI=1S/C24H24ClNS/c1-17-19-7-4-5-9-21(19)23(16-26-13-15-27-14-12-25)22-11-10-18-6-2-3-8-20(18)24(17)22/h2-11,26H,12-16H2,1H3. The Morgan fingerprint density at radius 3 is 2.37 bits per heavy atom. The summed E-state index contributed by atoms with van der Waals surface area (Å²) in [6, 6.07) is 22.1. The van der Waals surface area contributed by atoms with Gasteiger partial charge in [-0.1, -0.05) is 60.7 Å². The van der Waals surface area contributed by atoms with Crippen molar-refractivity contribution in [2.24, 2.45) is 0 Å². The van der Waals surface area contributed by atoms with E-state index in [1.165, 1.54) is 43.4 Å². The van der Waals surface area contributed by atoms with Crippen LogP contribution in [0.5, 0.6) is 0 Å². The molecule has 0 spiro atoms. The van der Waals surface area contributed by atoms with Crippen LogP contribution in [0.2, 0.25) is 0 Å². The quantitative estimate of drug-likeness (QED) is 0.166. The van der Waals surface area contributed by atoms with Crippen LogP contribution in [0.3, 0.4) is 0 Å². The molecule has 3 heteroatoms. The second-order valence-corrected chi connectivity index (χ2v) is 8.44. The number of alkyl halides is 1. The molecular weight excluding hydrogens is 370 g/mol. The van der Waals surface area contributed by atoms with Gasteiger partial charge >= 0.3 is 0 Å². The van der Waals surface area contributed by atoms with Crippen LogP contribution in [0.4, 0.5) is 0 Å². The smallest absolute Gasteiger partial charge is 0.0314 e. The highest BCUT2D eigenvalue weighted by molar-refractivity contribution is 7.99. The number of thioether (sulfide) groups is 1. The Kier molecular flexibility index (Phi) is 5.87. The van der Waals surface area contributed by atoms with Crippen molar-refractivity contribution >= 4 is 55.7 Å². The number of benzene rings is 4. The van der Waals surface area contributed by atoms with Crippen molar-refractivity contribution in [3.05, 3.63) is 71.8 Å². The highest BCUT2D eigenvalue weighted by Gasteiger charge is 2.13. The first-order valence-electron chi connectivity index (χ1n) is 9.47. The normalized spacial score (nSPS) is 11.6. The Balaban J connectivity index is 1.82. The summed E-state index contributed by atoms with van der Waals surface area (Å²) >= 11 is 7.67. The summed E-state index contributed by atoms with van der Waals surface area (Å²) < 4.78 is 0. The van der Waals surface area contributed by atoms with E-state index in [1.54, 1.807) is 0 Å². The molecule has 0 amide bonds. The zero-order valence-corrected chi connectivity index (χ0v) is 17.2. The molecule has 27 heavy (non-hydrogen) atoms. The first kappa shape index (κ1) is 18.6. The van der Waals surface area contributed by atoms with E-state index in [0.717, 1.165) is 30.5 Å². The van der Waals surface area contributed by atoms with Crippen LogP contribution in [0, 0.1) is 6.92 Å². The molecule has 0 atom stereocenters. The summed E-state index contributed by atoms with van der Waals surface area (Å²) in [4.78, 5) is 0. The molecule has 1 nitrogen and oxygen atoms in total. The summed E-state index contributed by atoms with van der Waals surface area (Å²) in [6.07, 6.45) is 0. The third-order valence-electron chi connectivity index (χ3n) is 5.23. The molecule has 0 saturated heterocycles. The zero-order chi connectivity index (χ0) is 18.6. The van der Waals surface area contributed by atoms with Gasteiger partial charge < -0.3 is 5.32 Å². The van der Waals surface area contributed by atoms with Crippen molar-refractivity contribution in [3.63, 3.8) is 0 Å². The summed E-state index contributed by atoms with van der Waals surface area (Å²) in [5.41, 5.74) is 2.78. The molecule has 0 aliphatic heterocycles. The molecular formula is C24H24ClNS. The maximum atomic E-state index is 5.76. The number of halogens is 1. The van der Waals surface area contributed by atoms with Crippen LogP contribution < -0.4 is 5.32 Å². The van der Waals surface area contributed by atoms with Gasteiger partial charge in [0.25, 0.3) is 0 Å². The molecule has 4 aromatic rings. The molecule has 0 heterocycles. The van der Waals surface area contributed by atoms with Gasteiger partial charge in [-0.05, 0) is 50.4 Å². The highest BCUT2D eigenvalue weighted by atomic mass is 35.5. The molecule has 1 N–H and O–H groups in total. The van der Waals surface area contributed by atoms with Gasteiger partial charge in [0, 0.05) is 30.5 Å². The van der Waals surface area contributed by atoms with Gasteiger partial charge in [0.15, 0.2) is 0 Å². The Hall–Kier alpha value is -1.74. The minimum Gasteiger partial charge on any atom is -0.312 e. The van der Waals surface area contributed by atoms with Gasteiger partial charge in [0.1, 0.15) is 0 Å². The molecule has 0 bridgehead atoms. The maximum absolute atomic E-state index is 5.76. The van der Waals surface area contributed by atoms with Crippen molar-refractivity contribution in [2.45, 2.75) is 13.5 Å². The lowest BCUT2D eigenvalue weighted by molar-refractivity contribution is 0.739. The Labute approximate surface area is 170 Å². The number of aryl methyl sites for hydroxylation is 1. The molecule has 0 aliphatic carbocycles. The summed E-state index contributed by atoms with van der Waals surface area (Å²) in [7, 11) is 0. The van der Waals surface area contributed by atoms with Gasteiger partial charge in [-0.15, -0.1) is 11.6 Å². The first-order valence-corrected chi connectivity index (χ1v) is 11.2. The first-order chi connectivity index (χ1) is 13.3. The van der Waals surface area contributed by atoms with Crippen molar-refractivity contribution in [2.75, 3.05) is 23.9 Å². The topological polar surface area (TPSA) is 12.0 Å². The van der Waals surface area contributed by atoms with Crippen LogP contribution in [0.15, 0.2) is 60.7 Å². The molecule has 138 valence electrons. The number of hydrogen-bond acceptors (Lipinski definition) is 2. The fourth-order valence-corrected chi connectivity index (χ4v) is 4.91. The number of hydrogen-bond donors (Lipinski definition) is 1. The summed E-state index contributed by atoms with van der Waals surface area (Å²) in [6.45, 7) is 4.15. The largest absolute Gasteiger partial charge is 0.312 e. The maximum Gasteiger partial charge on any atom is 0.0314 e. The van der Waals surface area contributed by atoms with E-state index >= 15 is 0 Å². The SMILES string of the molecule is Cc1c2ccccc2c(CNCCSCCCl)c2ccc3ccccc3c12. The molecule has 0 aliphatic rings. The van der Waals surface area contributed by atoms with Crippen LogP contribution >= 0.6 is 23.4 Å². The van der Waals surface area contributed by atoms with Gasteiger partial charge in [0.05, 0.1) is 0 Å². The van der Waals surface area contributed by atoms with Gasteiger partial charge in [-0.25, -0.2) is 0 Å². The van der Waals surface area contributed by atoms with E-state index < -0.39 is 0 Å². The lowest BCUT2D eigenvalue weighted by Crippen LogP contribution is -2.17. The lowest BCUT2D eigenvalue weighted by Gasteiger charge is -2.17. The Morgan fingerprint density at radius 1 is 0.815 bits per heavy atom. The monoisotopic (exact) mass is 393 g/mol. The van der Waals surface area contributed by atoms with Crippen molar-refractivity contribution in [1.82, 2.24) is 5.32 Å². The molecule has 0 aromatic heterocycles. The third kappa shape index (κ3) is 3.67. The number of fused-ring (bicyclic) bond motifs is 4. The van der Waals surface area contributed by atoms with Gasteiger partial charge in [-0.2, -0.15) is 11.8 Å². The van der Waals surface area contributed by atoms with E-state index in [2.05, 4.69) is 72.9 Å². The van der Waals surface area contributed by atoms with Crippen LogP contribution in [0.1, 0.15) is 11.1 Å². The average Bonchev–Trinajstić information content (AvgIpc) is 2.72. The predicted molar refractivity (Wildman–Crippen MR) is 123 cm³/mol. The highest BCUT2D eigenvalue weighted by Crippen LogP contribution is 2.36. The molecule has 4 aromatic carbocycles. The van der Waals surface area contributed by atoms with Crippen LogP contribution in [-0.4, -0.2) is 23.9 Å². The summed E-state index contributed by atoms with van der Waals surface area (Å²) in [5.74, 6) is 2.84. The molecule has 0 unspecified atom stereocenters. The van der Waals surface area contributed by atoms with Gasteiger partial charge in [0.2, 0.25) is 0 Å². The Bertz CT molecular complexity index is 1090. The van der Waals surface area contributed by atoms with E-state index in [4.69, 9.17) is 11.6 Å². The zero-order valence-electron chi connectivity index (χ0n) is 15.6. The molecule has 0 radical (unpaired) electrons. The van der Waals surface area contributed by atoms with Crippen molar-refractivity contribution in [1.29, 1.82) is 0 Å². The molecule has 4 rings (SSSR count). The second kappa shape index (κ2) is 8.52. The lowest BCUT2D eigenvalue weighted by atomic mass is 9.89. The van der Waals surface area contributed by atoms with Crippen molar-refractivity contribution < 1.29 is 0 Å². The summed E-state index contributed by atoms with van der Waals surface area (Å²) in [5, 5.41) is 11.8. The fourth-order valence-electron chi connectivity index (χ4n) is 3.98. The predicted octanol–water partition coefficient (Wildman–Crippen LogP) is 6.52. The van der Waals surface area contributed by atoms with Crippen LogP contribution in [0.25, 0.3) is 32.3 Å². The van der Waals surface area contributed by atoms with E-state index in [-0.39, 0.29) is 0 Å². The van der Waals surface area contributed by atoms with E-state index in [1.807, 2.05) is 11.8 Å². The van der Waals surface area contributed by atoms with Crippen LogP contribution in [-0.2, 0) is 6.54 Å². The number of nitrogens with one attached hydrogen (secondary N) is 1. The number of rotatable bonds is 7. The van der Waals surface area contributed by atoms with Gasteiger partial charge in [-0.3, -0.25) is 0 Å². The van der Waals surface area contributed by atoms with E-state index in [0.29, 0.717) is 0 Å². The van der Waals surface area contributed by atoms with Crippen molar-refractivity contribution in [3.8, 4) is 0 Å². The third-order valence-corrected chi connectivity index (χ3v) is 6.63. The molecule has 0 saturated carbocycles. The Morgan fingerprint density at radius 2 is 1.56 bits per heavy atom. The second-order valence-electron chi connectivity index (χ2n) is 6.84. The average molecular weight is 394 g/mol. The molecule has 0 fully saturated rings. The fraction of sp³-hybridized carbons (Fsp3) is 0.250. The minimum absolute atomic E-state index is 0.727.